The molecule has 6 heteroatoms. The van der Waals surface area contributed by atoms with Crippen LogP contribution in [0, 0.1) is 11.8 Å². The van der Waals surface area contributed by atoms with Gasteiger partial charge in [0.05, 0.1) is 4.88 Å². The van der Waals surface area contributed by atoms with Crippen molar-refractivity contribution in [3.8, 4) is 0 Å². The van der Waals surface area contributed by atoms with Gasteiger partial charge in [-0.1, -0.05) is 31.6 Å². The van der Waals surface area contributed by atoms with Crippen molar-refractivity contribution in [2.75, 3.05) is 19.6 Å². The van der Waals surface area contributed by atoms with Gasteiger partial charge in [-0.15, -0.1) is 11.3 Å². The monoisotopic (exact) mass is 460 g/mol. The molecule has 32 heavy (non-hydrogen) atoms. The maximum absolute atomic E-state index is 11.9. The fraction of sp³-hybridized carbons (Fsp3) is 0.615. The van der Waals surface area contributed by atoms with Gasteiger partial charge in [0.1, 0.15) is 5.60 Å². The van der Waals surface area contributed by atoms with E-state index in [0.29, 0.717) is 6.54 Å². The number of likely N-dealkylation sites (tertiary alicyclic amines) is 1. The van der Waals surface area contributed by atoms with E-state index in [-0.39, 0.29) is 17.6 Å². The van der Waals surface area contributed by atoms with Gasteiger partial charge in [-0.25, -0.2) is 4.79 Å². The zero-order valence-electron chi connectivity index (χ0n) is 20.8. The van der Waals surface area contributed by atoms with Crippen LogP contribution < -0.4 is 5.32 Å². The molecule has 1 saturated heterocycles. The molecule has 2 unspecified atom stereocenters. The highest BCUT2D eigenvalue weighted by molar-refractivity contribution is 7.15. The van der Waals surface area contributed by atoms with E-state index < -0.39 is 0 Å². The molecular formula is C26H40N2O3S. The number of rotatable bonds is 6. The van der Waals surface area contributed by atoms with Gasteiger partial charge in [0.25, 0.3) is 5.91 Å². The first-order chi connectivity index (χ1) is 15.1. The summed E-state index contributed by atoms with van der Waals surface area (Å²) >= 11 is 1.56. The molecule has 2 fully saturated rings. The third-order valence-corrected chi connectivity index (χ3v) is 6.56. The van der Waals surface area contributed by atoms with Crippen LogP contribution in [0.1, 0.15) is 87.8 Å². The number of piperidine rings is 1. The quantitative estimate of drug-likeness (QED) is 0.520. The number of hydrogen-bond acceptors (Lipinski definition) is 4. The molecule has 1 saturated carbocycles. The molecule has 178 valence electrons. The second-order valence-electron chi connectivity index (χ2n) is 9.59. The van der Waals surface area contributed by atoms with Crippen molar-refractivity contribution in [3.05, 3.63) is 33.0 Å². The maximum Gasteiger partial charge on any atom is 0.410 e. The zero-order valence-corrected chi connectivity index (χ0v) is 21.6. The number of carbonyl (C=O) groups excluding carboxylic acids is 2. The lowest BCUT2D eigenvalue weighted by molar-refractivity contribution is 0.0274. The molecule has 2 aliphatic rings. The standard InChI is InChI=1S/C16H23NOS.C10H17NO2/c1-5-8-9-14-13(10-12(4)6-2)11-15(19-14)16(18)17-7-3;1-10(2,3)13-9(12)11-5-7-4-8(7)6-11/h8-11H,5-7H2,1-4H3,(H,17,18);7-8H,4-6H2,1-3H3/b9-8+,12-10+;. The summed E-state index contributed by atoms with van der Waals surface area (Å²) in [5.41, 5.74) is 2.12. The number of carbonyl (C=O) groups is 2. The molecule has 2 heterocycles. The Bertz CT molecular complexity index is 838. The van der Waals surface area contributed by atoms with Crippen molar-refractivity contribution in [1.82, 2.24) is 10.2 Å². The van der Waals surface area contributed by atoms with E-state index in [2.05, 4.69) is 44.3 Å². The van der Waals surface area contributed by atoms with Crippen molar-refractivity contribution in [2.24, 2.45) is 11.8 Å². The molecule has 2 atom stereocenters. The second-order valence-corrected chi connectivity index (χ2v) is 10.7. The molecule has 1 N–H and O–H groups in total. The Kier molecular flexibility index (Phi) is 9.56. The van der Waals surface area contributed by atoms with Gasteiger partial charge in [-0.05, 0) is 83.4 Å². The lowest BCUT2D eigenvalue weighted by atomic mass is 10.1. The Labute approximate surface area is 197 Å². The van der Waals surface area contributed by atoms with E-state index in [1.165, 1.54) is 12.0 Å². The second kappa shape index (κ2) is 11.7. The summed E-state index contributed by atoms with van der Waals surface area (Å²) < 4.78 is 5.28. The van der Waals surface area contributed by atoms with E-state index in [9.17, 15) is 9.59 Å². The van der Waals surface area contributed by atoms with Crippen molar-refractivity contribution in [2.45, 2.75) is 73.3 Å². The molecule has 1 aliphatic carbocycles. The number of allylic oxidation sites excluding steroid dienone is 2. The average Bonchev–Trinajstić information content (AvgIpc) is 3.13. The van der Waals surface area contributed by atoms with Gasteiger partial charge in [-0.2, -0.15) is 0 Å². The largest absolute Gasteiger partial charge is 0.444 e. The predicted molar refractivity (Wildman–Crippen MR) is 135 cm³/mol. The third-order valence-electron chi connectivity index (χ3n) is 5.45. The molecule has 2 amide bonds. The number of fused-ring (bicyclic) bond motifs is 1. The summed E-state index contributed by atoms with van der Waals surface area (Å²) in [5.74, 6) is 1.59. The van der Waals surface area contributed by atoms with Gasteiger partial charge < -0.3 is 15.0 Å². The van der Waals surface area contributed by atoms with E-state index >= 15 is 0 Å². The minimum atomic E-state index is -0.357. The fourth-order valence-corrected chi connectivity index (χ4v) is 4.48. The Hall–Kier alpha value is -2.08. The van der Waals surface area contributed by atoms with E-state index in [0.717, 1.165) is 53.1 Å². The van der Waals surface area contributed by atoms with Gasteiger partial charge in [0.15, 0.2) is 0 Å². The fourth-order valence-electron chi connectivity index (χ4n) is 3.49. The first kappa shape index (κ1) is 26.2. The number of ether oxygens (including phenoxy) is 1. The lowest BCUT2D eigenvalue weighted by Crippen LogP contribution is -2.36. The van der Waals surface area contributed by atoms with Gasteiger partial charge in [0, 0.05) is 24.5 Å². The molecule has 1 aromatic rings. The number of amides is 2. The SMILES string of the molecule is CC(C)(C)OC(=O)N1CC2CC2C1.CC/C=C/c1sc(C(=O)NCC)cc1/C=C(\C)CC. The van der Waals surface area contributed by atoms with Crippen LogP contribution in [0.3, 0.4) is 0 Å². The van der Waals surface area contributed by atoms with Crippen LogP contribution in [0.25, 0.3) is 12.2 Å². The predicted octanol–water partition coefficient (Wildman–Crippen LogP) is 6.61. The Balaban J connectivity index is 0.000000242. The van der Waals surface area contributed by atoms with Gasteiger partial charge in [-0.3, -0.25) is 4.79 Å². The summed E-state index contributed by atoms with van der Waals surface area (Å²) in [4.78, 5) is 27.2. The molecule has 1 aromatic heterocycles. The number of nitrogens with one attached hydrogen (secondary N) is 1. The zero-order chi connectivity index (χ0) is 23.9. The topological polar surface area (TPSA) is 58.6 Å². The van der Waals surface area contributed by atoms with E-state index in [1.807, 2.05) is 38.7 Å². The Morgan fingerprint density at radius 2 is 1.88 bits per heavy atom. The summed E-state index contributed by atoms with van der Waals surface area (Å²) in [6.45, 7) is 16.5. The highest BCUT2D eigenvalue weighted by Crippen LogP contribution is 2.45. The molecule has 0 aromatic carbocycles. The Morgan fingerprint density at radius 1 is 1.22 bits per heavy atom. The first-order valence-corrected chi connectivity index (χ1v) is 12.6. The molecule has 1 aliphatic heterocycles. The molecule has 0 bridgehead atoms. The average molecular weight is 461 g/mol. The highest BCUT2D eigenvalue weighted by atomic mass is 32.1. The first-order valence-electron chi connectivity index (χ1n) is 11.8. The van der Waals surface area contributed by atoms with Crippen molar-refractivity contribution >= 4 is 35.5 Å². The minimum Gasteiger partial charge on any atom is -0.444 e. The van der Waals surface area contributed by atoms with E-state index in [4.69, 9.17) is 4.74 Å². The van der Waals surface area contributed by atoms with Gasteiger partial charge >= 0.3 is 6.09 Å². The van der Waals surface area contributed by atoms with Crippen LogP contribution in [-0.2, 0) is 4.74 Å². The van der Waals surface area contributed by atoms with Crippen LogP contribution in [0.5, 0.6) is 0 Å². The lowest BCUT2D eigenvalue weighted by Gasteiger charge is -2.25. The summed E-state index contributed by atoms with van der Waals surface area (Å²) in [6.07, 6.45) is 9.63. The summed E-state index contributed by atoms with van der Waals surface area (Å²) in [7, 11) is 0. The van der Waals surface area contributed by atoms with Crippen molar-refractivity contribution < 1.29 is 14.3 Å². The maximum atomic E-state index is 11.9. The number of nitrogens with zero attached hydrogens (tertiary/aromatic N) is 1. The molecular weight excluding hydrogens is 420 g/mol. The van der Waals surface area contributed by atoms with Crippen molar-refractivity contribution in [1.29, 1.82) is 0 Å². The third kappa shape index (κ3) is 8.12. The van der Waals surface area contributed by atoms with Gasteiger partial charge in [0.2, 0.25) is 0 Å². The van der Waals surface area contributed by atoms with E-state index in [1.54, 1.807) is 11.3 Å². The normalized spacial score (nSPS) is 20.0. The molecule has 5 nitrogen and oxygen atoms in total. The Morgan fingerprint density at radius 3 is 2.41 bits per heavy atom. The molecule has 0 radical (unpaired) electrons. The molecule has 3 rings (SSSR count). The van der Waals surface area contributed by atoms with Crippen LogP contribution in [0.4, 0.5) is 4.79 Å². The summed E-state index contributed by atoms with van der Waals surface area (Å²) in [6, 6.07) is 1.99. The van der Waals surface area contributed by atoms with Crippen LogP contribution >= 0.6 is 11.3 Å². The van der Waals surface area contributed by atoms with Crippen LogP contribution in [0.2, 0.25) is 0 Å². The van der Waals surface area contributed by atoms with Crippen molar-refractivity contribution in [3.63, 3.8) is 0 Å². The summed E-state index contributed by atoms with van der Waals surface area (Å²) in [5, 5.41) is 2.85. The minimum absolute atomic E-state index is 0.0208. The smallest absolute Gasteiger partial charge is 0.410 e. The number of hydrogen-bond donors (Lipinski definition) is 1. The van der Waals surface area contributed by atoms with Crippen LogP contribution in [0.15, 0.2) is 17.7 Å². The van der Waals surface area contributed by atoms with Crippen LogP contribution in [-0.4, -0.2) is 42.1 Å². The highest BCUT2D eigenvalue weighted by Gasteiger charge is 2.47. The number of thiophene rings is 1. The molecule has 0 spiro atoms.